The summed E-state index contributed by atoms with van der Waals surface area (Å²) in [7, 11) is 1.59. The highest BCUT2D eigenvalue weighted by Gasteiger charge is 2.23. The van der Waals surface area contributed by atoms with Gasteiger partial charge in [0.1, 0.15) is 18.8 Å². The first-order chi connectivity index (χ1) is 20.5. The zero-order valence-electron chi connectivity index (χ0n) is 26.7. The SMILES string of the molecule is CCCCCCCCCCCCCCCCOc1ccc(OCC(=O)N(Cc2cccc[n+]2CC)C(C)=O)cc1OC. The molecule has 2 rings (SSSR count). The van der Waals surface area contributed by atoms with Gasteiger partial charge >= 0.3 is 0 Å². The summed E-state index contributed by atoms with van der Waals surface area (Å²) in [5, 5.41) is 0. The molecule has 0 spiro atoms. The monoisotopic (exact) mass is 583 g/mol. The first-order valence-corrected chi connectivity index (χ1v) is 16.2. The molecule has 0 aliphatic carbocycles. The maximum absolute atomic E-state index is 12.9. The number of nitrogens with zero attached hydrogens (tertiary/aromatic N) is 2. The van der Waals surface area contributed by atoms with Gasteiger partial charge in [0, 0.05) is 25.1 Å². The number of rotatable bonds is 23. The van der Waals surface area contributed by atoms with Crippen LogP contribution in [0.5, 0.6) is 17.2 Å². The molecular weight excluding hydrogens is 528 g/mol. The lowest BCUT2D eigenvalue weighted by atomic mass is 10.0. The molecule has 1 aromatic heterocycles. The summed E-state index contributed by atoms with van der Waals surface area (Å²) in [6.45, 7) is 7.02. The van der Waals surface area contributed by atoms with Crippen LogP contribution in [0.25, 0.3) is 0 Å². The van der Waals surface area contributed by atoms with Crippen LogP contribution < -0.4 is 18.8 Å². The average molecular weight is 584 g/mol. The lowest BCUT2D eigenvalue weighted by Crippen LogP contribution is -2.44. The van der Waals surface area contributed by atoms with Crippen LogP contribution in [-0.2, 0) is 22.7 Å². The number of ether oxygens (including phenoxy) is 3. The van der Waals surface area contributed by atoms with Gasteiger partial charge in [0.2, 0.25) is 11.6 Å². The number of carbonyl (C=O) groups is 2. The Bertz CT molecular complexity index is 1040. The summed E-state index contributed by atoms with van der Waals surface area (Å²) in [5.74, 6) is 0.980. The molecule has 0 saturated heterocycles. The first-order valence-electron chi connectivity index (χ1n) is 16.2. The molecule has 1 aromatic carbocycles. The number of aryl methyl sites for hydroxylation is 1. The van der Waals surface area contributed by atoms with Crippen LogP contribution in [0.2, 0.25) is 0 Å². The number of benzene rings is 1. The fourth-order valence-electron chi connectivity index (χ4n) is 5.06. The highest BCUT2D eigenvalue weighted by atomic mass is 16.5. The number of hydrogen-bond acceptors (Lipinski definition) is 5. The normalized spacial score (nSPS) is 10.9. The second-order valence-electron chi connectivity index (χ2n) is 11.0. The third kappa shape index (κ3) is 13.7. The predicted molar refractivity (Wildman–Crippen MR) is 168 cm³/mol. The second kappa shape index (κ2) is 21.6. The fraction of sp³-hybridized carbons (Fsp3) is 0.629. The number of aromatic nitrogens is 1. The molecule has 0 aliphatic heterocycles. The first kappa shape index (κ1) is 35.1. The maximum atomic E-state index is 12.9. The van der Waals surface area contributed by atoms with Gasteiger partial charge in [0.25, 0.3) is 5.91 Å². The quantitative estimate of drug-likeness (QED) is 0.0986. The van der Waals surface area contributed by atoms with E-state index in [0.29, 0.717) is 23.9 Å². The van der Waals surface area contributed by atoms with Crippen molar-refractivity contribution in [3.05, 3.63) is 48.3 Å². The molecular formula is C35H55N2O5+. The molecule has 0 unspecified atom stereocenters. The predicted octanol–water partition coefficient (Wildman–Crippen LogP) is 7.82. The van der Waals surface area contributed by atoms with Crippen molar-refractivity contribution in [2.24, 2.45) is 0 Å². The summed E-state index contributed by atoms with van der Waals surface area (Å²) in [6, 6.07) is 11.0. The number of imide groups is 1. The molecule has 7 heteroatoms. The Labute approximate surface area is 254 Å². The van der Waals surface area contributed by atoms with E-state index in [1.165, 1.54) is 88.9 Å². The van der Waals surface area contributed by atoms with Crippen LogP contribution in [0.3, 0.4) is 0 Å². The molecule has 0 atom stereocenters. The Balaban J connectivity index is 1.66. The Morgan fingerprint density at radius 3 is 1.95 bits per heavy atom. The molecule has 0 fully saturated rings. The minimum atomic E-state index is -0.397. The molecule has 2 aromatic rings. The minimum Gasteiger partial charge on any atom is -0.493 e. The third-order valence-corrected chi connectivity index (χ3v) is 7.63. The minimum absolute atomic E-state index is 0.196. The molecule has 234 valence electrons. The largest absolute Gasteiger partial charge is 0.493 e. The number of unbranched alkanes of at least 4 members (excludes halogenated alkanes) is 13. The van der Waals surface area contributed by atoms with E-state index in [1.54, 1.807) is 25.3 Å². The van der Waals surface area contributed by atoms with Gasteiger partial charge in [-0.15, -0.1) is 0 Å². The van der Waals surface area contributed by atoms with Gasteiger partial charge in [-0.1, -0.05) is 96.5 Å². The number of amides is 2. The molecule has 0 aliphatic rings. The Morgan fingerprint density at radius 1 is 0.762 bits per heavy atom. The summed E-state index contributed by atoms with van der Waals surface area (Å²) in [6.07, 6.45) is 20.5. The fourth-order valence-corrected chi connectivity index (χ4v) is 5.06. The molecule has 0 radical (unpaired) electrons. The van der Waals surface area contributed by atoms with Crippen molar-refractivity contribution in [3.8, 4) is 17.2 Å². The van der Waals surface area contributed by atoms with Crippen molar-refractivity contribution in [1.29, 1.82) is 0 Å². The van der Waals surface area contributed by atoms with E-state index >= 15 is 0 Å². The highest BCUT2D eigenvalue weighted by Crippen LogP contribution is 2.31. The molecule has 2 amide bonds. The Kier molecular flexibility index (Phi) is 18.0. The van der Waals surface area contributed by atoms with Crippen molar-refractivity contribution in [1.82, 2.24) is 4.90 Å². The van der Waals surface area contributed by atoms with Gasteiger partial charge in [-0.3, -0.25) is 14.5 Å². The van der Waals surface area contributed by atoms with E-state index < -0.39 is 5.91 Å². The smallest absolute Gasteiger partial charge is 0.267 e. The molecule has 7 nitrogen and oxygen atoms in total. The summed E-state index contributed by atoms with van der Waals surface area (Å²) in [4.78, 5) is 26.3. The van der Waals surface area contributed by atoms with Crippen LogP contribution in [0.15, 0.2) is 42.6 Å². The molecule has 0 bridgehead atoms. The lowest BCUT2D eigenvalue weighted by molar-refractivity contribution is -0.701. The number of hydrogen-bond donors (Lipinski definition) is 0. The van der Waals surface area contributed by atoms with E-state index in [0.717, 1.165) is 25.1 Å². The van der Waals surface area contributed by atoms with E-state index in [9.17, 15) is 9.59 Å². The number of methoxy groups -OCH3 is 1. The van der Waals surface area contributed by atoms with Crippen molar-refractivity contribution in [2.75, 3.05) is 20.3 Å². The zero-order chi connectivity index (χ0) is 30.4. The maximum Gasteiger partial charge on any atom is 0.267 e. The van der Waals surface area contributed by atoms with Crippen molar-refractivity contribution >= 4 is 11.8 Å². The van der Waals surface area contributed by atoms with Gasteiger partial charge in [-0.2, -0.15) is 0 Å². The van der Waals surface area contributed by atoms with Crippen LogP contribution in [-0.4, -0.2) is 37.0 Å². The third-order valence-electron chi connectivity index (χ3n) is 7.63. The average Bonchev–Trinajstić information content (AvgIpc) is 3.00. The van der Waals surface area contributed by atoms with E-state index in [1.807, 2.05) is 35.9 Å². The van der Waals surface area contributed by atoms with E-state index in [-0.39, 0.29) is 19.1 Å². The van der Waals surface area contributed by atoms with Crippen LogP contribution >= 0.6 is 0 Å². The number of carbonyl (C=O) groups excluding carboxylic acids is 2. The molecule has 1 heterocycles. The molecule has 0 saturated carbocycles. The topological polar surface area (TPSA) is 69.0 Å². The second-order valence-corrected chi connectivity index (χ2v) is 11.0. The summed E-state index contributed by atoms with van der Waals surface area (Å²) >= 11 is 0. The Hall–Kier alpha value is -3.09. The van der Waals surface area contributed by atoms with Gasteiger partial charge in [0.15, 0.2) is 24.3 Å². The molecule has 42 heavy (non-hydrogen) atoms. The van der Waals surface area contributed by atoms with Crippen LogP contribution in [0.4, 0.5) is 0 Å². The van der Waals surface area contributed by atoms with Gasteiger partial charge in [-0.25, -0.2) is 4.57 Å². The lowest BCUT2D eigenvalue weighted by Gasteiger charge is -2.19. The highest BCUT2D eigenvalue weighted by molar-refractivity contribution is 5.94. The number of pyridine rings is 1. The van der Waals surface area contributed by atoms with Crippen LogP contribution in [0, 0.1) is 0 Å². The summed E-state index contributed by atoms with van der Waals surface area (Å²) in [5.41, 5.74) is 0.880. The Morgan fingerprint density at radius 2 is 1.38 bits per heavy atom. The molecule has 0 N–H and O–H groups in total. The van der Waals surface area contributed by atoms with Crippen LogP contribution in [0.1, 0.15) is 116 Å². The summed E-state index contributed by atoms with van der Waals surface area (Å²) < 4.78 is 19.2. The zero-order valence-corrected chi connectivity index (χ0v) is 26.7. The van der Waals surface area contributed by atoms with Crippen molar-refractivity contribution in [2.45, 2.75) is 124 Å². The van der Waals surface area contributed by atoms with Gasteiger partial charge in [-0.05, 0) is 25.5 Å². The van der Waals surface area contributed by atoms with Crippen molar-refractivity contribution < 1.29 is 28.4 Å². The standard InChI is InChI=1S/C35H55N2O5/c1-5-7-8-9-10-11-12-13-14-15-16-17-18-21-26-41-33-24-23-32(27-34(33)40-4)42-29-35(39)37(30(3)38)28-31-22-19-20-25-36(31)6-2/h19-20,22-25,27H,5-18,21,26,28-29H2,1-4H3/q+1. The van der Waals surface area contributed by atoms with Crippen molar-refractivity contribution in [3.63, 3.8) is 0 Å². The van der Waals surface area contributed by atoms with E-state index in [4.69, 9.17) is 14.2 Å². The van der Waals surface area contributed by atoms with E-state index in [2.05, 4.69) is 6.92 Å². The van der Waals surface area contributed by atoms with Gasteiger partial charge in [0.05, 0.1) is 13.7 Å². The van der Waals surface area contributed by atoms with Gasteiger partial charge < -0.3 is 14.2 Å².